The molecule has 0 amide bonds. The maximum atomic E-state index is 13.6. The molecule has 0 radical (unpaired) electrons. The lowest BCUT2D eigenvalue weighted by Crippen LogP contribution is -2.50. The van der Waals surface area contributed by atoms with Gasteiger partial charge in [-0.25, -0.2) is 0 Å². The lowest BCUT2D eigenvalue weighted by molar-refractivity contribution is -0.249. The van der Waals surface area contributed by atoms with E-state index in [0.717, 1.165) is 6.42 Å². The van der Waals surface area contributed by atoms with Crippen LogP contribution in [0.25, 0.3) is 0 Å². The van der Waals surface area contributed by atoms with Crippen LogP contribution in [0.15, 0.2) is 0 Å². The summed E-state index contributed by atoms with van der Waals surface area (Å²) in [7, 11) is 0. The minimum absolute atomic E-state index is 0.124. The maximum absolute atomic E-state index is 13.6. The molecule has 26 heavy (non-hydrogen) atoms. The summed E-state index contributed by atoms with van der Waals surface area (Å²) in [5.74, 6) is -2.02. The lowest BCUT2D eigenvalue weighted by Gasteiger charge is -2.42. The summed E-state index contributed by atoms with van der Waals surface area (Å²) in [4.78, 5) is 12.1. The van der Waals surface area contributed by atoms with Crippen molar-refractivity contribution in [2.45, 2.75) is 78.6 Å². The number of rotatable bonds is 6. The highest BCUT2D eigenvalue weighted by Gasteiger charge is 2.80. The number of carbonyl (C=O) groups excluding carboxylic acids is 1. The van der Waals surface area contributed by atoms with Gasteiger partial charge in [0.15, 0.2) is 11.7 Å². The third-order valence-electron chi connectivity index (χ3n) is 7.09. The molecule has 1 heterocycles. The van der Waals surface area contributed by atoms with Gasteiger partial charge in [-0.2, -0.15) is 13.2 Å². The lowest BCUT2D eigenvalue weighted by atomic mass is 9.71. The van der Waals surface area contributed by atoms with Gasteiger partial charge in [-0.15, -0.1) is 0 Å². The summed E-state index contributed by atoms with van der Waals surface area (Å²) in [6.45, 7) is 10.1. The van der Waals surface area contributed by atoms with Crippen LogP contribution in [0.5, 0.6) is 0 Å². The van der Waals surface area contributed by atoms with Crippen molar-refractivity contribution in [3.8, 4) is 0 Å². The molecule has 7 atom stereocenters. The molecule has 4 nitrogen and oxygen atoms in total. The molecule has 0 aromatic rings. The Morgan fingerprint density at radius 3 is 2.42 bits per heavy atom. The van der Waals surface area contributed by atoms with E-state index in [1.165, 1.54) is 0 Å². The summed E-state index contributed by atoms with van der Waals surface area (Å²) in [5.41, 5.74) is -2.90. The average Bonchev–Trinajstić information content (AvgIpc) is 3.07. The van der Waals surface area contributed by atoms with E-state index in [0.29, 0.717) is 5.92 Å². The van der Waals surface area contributed by atoms with Crippen LogP contribution in [-0.4, -0.2) is 35.8 Å². The van der Waals surface area contributed by atoms with Gasteiger partial charge >= 0.3 is 12.1 Å². The van der Waals surface area contributed by atoms with Gasteiger partial charge < -0.3 is 14.6 Å². The molecule has 1 N–H and O–H groups in total. The monoisotopic (exact) mass is 378 g/mol. The Morgan fingerprint density at radius 1 is 1.31 bits per heavy atom. The van der Waals surface area contributed by atoms with Crippen LogP contribution >= 0.6 is 0 Å². The van der Waals surface area contributed by atoms with Gasteiger partial charge in [-0.05, 0) is 37.0 Å². The third-order valence-corrected chi connectivity index (χ3v) is 7.09. The smallest absolute Gasteiger partial charge is 0.405 e. The first kappa shape index (κ1) is 19.9. The summed E-state index contributed by atoms with van der Waals surface area (Å²) >= 11 is 0. The highest BCUT2D eigenvalue weighted by atomic mass is 19.4. The van der Waals surface area contributed by atoms with Crippen LogP contribution in [0.4, 0.5) is 13.2 Å². The van der Waals surface area contributed by atoms with E-state index in [1.54, 1.807) is 0 Å². The zero-order valence-electron chi connectivity index (χ0n) is 16.0. The van der Waals surface area contributed by atoms with Crippen LogP contribution < -0.4 is 0 Å². The Labute approximate surface area is 152 Å². The topological polar surface area (TPSA) is 55.8 Å². The van der Waals surface area contributed by atoms with Crippen LogP contribution in [0.1, 0.15) is 53.9 Å². The van der Waals surface area contributed by atoms with E-state index in [-0.39, 0.29) is 18.8 Å². The fraction of sp³-hybridized carbons (Fsp3) is 0.947. The number of hydrogen-bond donors (Lipinski definition) is 1. The molecule has 2 aliphatic carbocycles. The number of alkyl halides is 3. The Hall–Kier alpha value is -0.820. The second-order valence-corrected chi connectivity index (χ2v) is 9.36. The number of hydrogen-bond acceptors (Lipinski definition) is 4. The Bertz CT molecular complexity index is 576. The van der Waals surface area contributed by atoms with Crippen LogP contribution in [-0.2, 0) is 14.3 Å². The van der Waals surface area contributed by atoms with Crippen molar-refractivity contribution < 1.29 is 32.5 Å². The third kappa shape index (κ3) is 2.60. The number of ether oxygens (including phenoxy) is 2. The molecule has 2 saturated carbocycles. The highest BCUT2D eigenvalue weighted by Crippen LogP contribution is 2.68. The molecular weight excluding hydrogens is 349 g/mol. The van der Waals surface area contributed by atoms with Gasteiger partial charge in [-0.3, -0.25) is 4.79 Å². The van der Waals surface area contributed by atoms with E-state index < -0.39 is 53.3 Å². The summed E-state index contributed by atoms with van der Waals surface area (Å²) in [5, 5.41) is 10.8. The van der Waals surface area contributed by atoms with Crippen molar-refractivity contribution >= 4 is 5.97 Å². The second-order valence-electron chi connectivity index (χ2n) is 9.36. The molecule has 150 valence electrons. The highest BCUT2D eigenvalue weighted by molar-refractivity contribution is 5.82. The van der Waals surface area contributed by atoms with Crippen molar-refractivity contribution in [3.63, 3.8) is 0 Å². The van der Waals surface area contributed by atoms with E-state index in [2.05, 4.69) is 13.8 Å². The molecule has 3 fully saturated rings. The molecule has 7 unspecified atom stereocenters. The van der Waals surface area contributed by atoms with Crippen LogP contribution in [0, 0.1) is 34.5 Å². The largest absolute Gasteiger partial charge is 0.459 e. The molecule has 1 aliphatic heterocycles. The first-order valence-electron chi connectivity index (χ1n) is 9.46. The number of esters is 1. The first-order valence-corrected chi connectivity index (χ1v) is 9.46. The number of carbonyl (C=O) groups is 1. The summed E-state index contributed by atoms with van der Waals surface area (Å²) in [6, 6.07) is 0. The maximum Gasteiger partial charge on any atom is 0.405 e. The number of aliphatic hydroxyl groups excluding tert-OH is 1. The number of aliphatic hydroxyl groups is 1. The van der Waals surface area contributed by atoms with Gasteiger partial charge in [0.25, 0.3) is 0 Å². The molecule has 0 aromatic heterocycles. The summed E-state index contributed by atoms with van der Waals surface area (Å²) < 4.78 is 51.8. The average molecular weight is 378 g/mol. The normalized spacial score (nSPS) is 39.6. The minimum atomic E-state index is -4.61. The fourth-order valence-corrected chi connectivity index (χ4v) is 5.39. The summed E-state index contributed by atoms with van der Waals surface area (Å²) in [6.07, 6.45) is -6.61. The van der Waals surface area contributed by atoms with Gasteiger partial charge in [-0.1, -0.05) is 34.6 Å². The Morgan fingerprint density at radius 2 is 1.92 bits per heavy atom. The van der Waals surface area contributed by atoms with E-state index in [1.807, 2.05) is 20.8 Å². The molecule has 7 heteroatoms. The molecule has 3 aliphatic rings. The fourth-order valence-electron chi connectivity index (χ4n) is 5.39. The van der Waals surface area contributed by atoms with E-state index >= 15 is 0 Å². The predicted octanol–water partition coefficient (Wildman–Crippen LogP) is 3.91. The van der Waals surface area contributed by atoms with Crippen molar-refractivity contribution in [1.29, 1.82) is 0 Å². The molecule has 0 aromatic carbocycles. The molecule has 0 spiro atoms. The van der Waals surface area contributed by atoms with Gasteiger partial charge in [0.05, 0.1) is 0 Å². The quantitative estimate of drug-likeness (QED) is 0.562. The van der Waals surface area contributed by atoms with E-state index in [4.69, 9.17) is 9.47 Å². The first-order chi connectivity index (χ1) is 11.8. The zero-order chi connectivity index (χ0) is 19.7. The molecule has 1 saturated heterocycles. The number of halogens is 3. The second kappa shape index (κ2) is 6.09. The minimum Gasteiger partial charge on any atom is -0.459 e. The molecule has 2 bridgehead atoms. The zero-order valence-corrected chi connectivity index (χ0v) is 16.0. The van der Waals surface area contributed by atoms with Gasteiger partial charge in [0.2, 0.25) is 0 Å². The van der Waals surface area contributed by atoms with Gasteiger partial charge in [0.1, 0.15) is 12.2 Å². The van der Waals surface area contributed by atoms with E-state index in [9.17, 15) is 23.1 Å². The van der Waals surface area contributed by atoms with Crippen molar-refractivity contribution in [2.24, 2.45) is 34.5 Å². The molecule has 3 rings (SSSR count). The van der Waals surface area contributed by atoms with Crippen LogP contribution in [0.2, 0.25) is 0 Å². The van der Waals surface area contributed by atoms with Crippen molar-refractivity contribution in [1.82, 2.24) is 0 Å². The van der Waals surface area contributed by atoms with Gasteiger partial charge in [0, 0.05) is 11.3 Å². The Kier molecular flexibility index (Phi) is 4.67. The Balaban J connectivity index is 1.79. The SMILES string of the molecule is CC(C)CC(C)(C(C)C)C(O)OC1C2CC3C1OC(=O)C3(C(F)(F)F)C2. The predicted molar refractivity (Wildman–Crippen MR) is 87.9 cm³/mol. The standard InChI is InChI=1S/C19H29F3O4/c1-9(2)7-17(5,10(3)4)15(23)25-13-11-6-12-14(13)26-16(24)18(12,8-11)19(20,21)22/h9-15,23H,6-8H2,1-5H3. The number of fused-ring (bicyclic) bond motifs is 1. The molecular formula is C19H29F3O4. The van der Waals surface area contributed by atoms with Crippen molar-refractivity contribution in [3.05, 3.63) is 0 Å². The van der Waals surface area contributed by atoms with Crippen molar-refractivity contribution in [2.75, 3.05) is 0 Å². The van der Waals surface area contributed by atoms with Crippen LogP contribution in [0.3, 0.4) is 0 Å².